The monoisotopic (exact) mass is 394 g/mol. The molecule has 2 aromatic rings. The third-order valence-electron chi connectivity index (χ3n) is 5.86. The topological polar surface area (TPSA) is 50.8 Å². The van der Waals surface area contributed by atoms with Crippen LogP contribution >= 0.6 is 0 Å². The number of hydrogen-bond acceptors (Lipinski definition) is 4. The largest absolute Gasteiger partial charge is 0.454 e. The zero-order valence-corrected chi connectivity index (χ0v) is 17.5. The zero-order chi connectivity index (χ0) is 20.4. The first-order valence-corrected chi connectivity index (χ1v) is 10.6. The van der Waals surface area contributed by atoms with Gasteiger partial charge in [-0.2, -0.15) is 0 Å². The minimum atomic E-state index is -0.350. The number of carbonyl (C=O) groups is 1. The normalized spacial score (nSPS) is 19.9. The Labute approximate surface area is 173 Å². The molecule has 2 heterocycles. The van der Waals surface area contributed by atoms with Crippen LogP contribution in [0.15, 0.2) is 42.5 Å². The number of benzene rings is 2. The second-order valence-corrected chi connectivity index (χ2v) is 8.52. The number of piperidine rings is 1. The molecule has 5 heteroatoms. The number of rotatable bonds is 5. The van der Waals surface area contributed by atoms with Gasteiger partial charge in [-0.05, 0) is 66.6 Å². The molecule has 0 spiro atoms. The molecule has 2 aliphatic heterocycles. The number of nitrogens with zero attached hydrogens (tertiary/aromatic N) is 1. The van der Waals surface area contributed by atoms with Gasteiger partial charge in [0.1, 0.15) is 6.04 Å². The van der Waals surface area contributed by atoms with Crippen molar-refractivity contribution < 1.29 is 14.3 Å². The summed E-state index contributed by atoms with van der Waals surface area (Å²) in [4.78, 5) is 15.7. The molecule has 0 aromatic heterocycles. The first-order chi connectivity index (χ1) is 14.0. The van der Waals surface area contributed by atoms with Crippen molar-refractivity contribution in [3.05, 3.63) is 53.6 Å². The highest BCUT2D eigenvalue weighted by molar-refractivity contribution is 5.95. The van der Waals surface area contributed by atoms with Crippen LogP contribution in [0.2, 0.25) is 0 Å². The van der Waals surface area contributed by atoms with Gasteiger partial charge in [-0.3, -0.25) is 9.69 Å². The summed E-state index contributed by atoms with van der Waals surface area (Å²) in [5.41, 5.74) is 3.04. The van der Waals surface area contributed by atoms with E-state index in [-0.39, 0.29) is 18.7 Å². The lowest BCUT2D eigenvalue weighted by Gasteiger charge is -2.36. The molecule has 5 nitrogen and oxygen atoms in total. The number of hydrogen-bond donors (Lipinski definition) is 1. The van der Waals surface area contributed by atoms with E-state index in [1.54, 1.807) is 0 Å². The zero-order valence-electron chi connectivity index (χ0n) is 17.5. The second-order valence-electron chi connectivity index (χ2n) is 8.52. The quantitative estimate of drug-likeness (QED) is 0.780. The highest BCUT2D eigenvalue weighted by atomic mass is 16.7. The van der Waals surface area contributed by atoms with E-state index in [1.807, 2.05) is 30.3 Å². The van der Waals surface area contributed by atoms with Crippen LogP contribution in [0.5, 0.6) is 11.5 Å². The van der Waals surface area contributed by atoms with Crippen LogP contribution in [0.25, 0.3) is 0 Å². The smallest absolute Gasteiger partial charge is 0.246 e. The Morgan fingerprint density at radius 1 is 1.07 bits per heavy atom. The average molecular weight is 395 g/mol. The maximum absolute atomic E-state index is 13.4. The molecule has 1 fully saturated rings. The van der Waals surface area contributed by atoms with Crippen LogP contribution in [0.1, 0.15) is 56.7 Å². The highest BCUT2D eigenvalue weighted by Crippen LogP contribution is 2.37. The summed E-state index contributed by atoms with van der Waals surface area (Å²) < 4.78 is 11.0. The van der Waals surface area contributed by atoms with Gasteiger partial charge in [0.2, 0.25) is 12.7 Å². The summed E-state index contributed by atoms with van der Waals surface area (Å²) >= 11 is 0. The van der Waals surface area contributed by atoms with E-state index in [9.17, 15) is 4.79 Å². The van der Waals surface area contributed by atoms with Gasteiger partial charge in [0.25, 0.3) is 0 Å². The van der Waals surface area contributed by atoms with Gasteiger partial charge in [0.05, 0.1) is 0 Å². The molecule has 0 unspecified atom stereocenters. The van der Waals surface area contributed by atoms with Crippen LogP contribution in [0.3, 0.4) is 0 Å². The molecule has 2 atom stereocenters. The predicted molar refractivity (Wildman–Crippen MR) is 114 cm³/mol. The van der Waals surface area contributed by atoms with Crippen molar-refractivity contribution >= 4 is 11.6 Å². The molecule has 0 radical (unpaired) electrons. The molecular formula is C24H30N2O3. The summed E-state index contributed by atoms with van der Waals surface area (Å²) in [7, 11) is 0. The fraction of sp³-hybridized carbons (Fsp3) is 0.458. The summed E-state index contributed by atoms with van der Waals surface area (Å²) in [6.45, 7) is 8.66. The number of ether oxygens (including phenoxy) is 2. The van der Waals surface area contributed by atoms with Crippen LogP contribution in [0.4, 0.5) is 5.69 Å². The van der Waals surface area contributed by atoms with E-state index in [0.717, 1.165) is 36.5 Å². The molecule has 154 valence electrons. The Morgan fingerprint density at radius 2 is 1.79 bits per heavy atom. The Balaban J connectivity index is 1.59. The van der Waals surface area contributed by atoms with Crippen LogP contribution in [-0.2, 0) is 4.79 Å². The fourth-order valence-electron chi connectivity index (χ4n) is 4.23. The molecule has 1 N–H and O–H groups in total. The van der Waals surface area contributed by atoms with Crippen molar-refractivity contribution in [1.82, 2.24) is 4.90 Å². The molecule has 0 saturated carbocycles. The van der Waals surface area contributed by atoms with Crippen molar-refractivity contribution in [3.8, 4) is 11.5 Å². The lowest BCUT2D eigenvalue weighted by molar-refractivity contribution is -0.122. The first-order valence-electron chi connectivity index (χ1n) is 10.6. The molecule has 29 heavy (non-hydrogen) atoms. The first kappa shape index (κ1) is 19.8. The van der Waals surface area contributed by atoms with Gasteiger partial charge in [-0.1, -0.05) is 39.0 Å². The summed E-state index contributed by atoms with van der Waals surface area (Å²) in [5, 5.41) is 3.13. The minimum absolute atomic E-state index is 0.00439. The number of anilines is 1. The Hall–Kier alpha value is -2.53. The maximum atomic E-state index is 13.4. The van der Waals surface area contributed by atoms with Crippen molar-refractivity contribution in [2.45, 2.75) is 45.6 Å². The van der Waals surface area contributed by atoms with Gasteiger partial charge in [0.15, 0.2) is 11.5 Å². The third-order valence-corrected chi connectivity index (χ3v) is 5.86. The lowest BCUT2D eigenvalue weighted by Crippen LogP contribution is -2.42. The van der Waals surface area contributed by atoms with Gasteiger partial charge in [-0.25, -0.2) is 0 Å². The standard InChI is InChI=1S/C24H30N2O3/c1-16(2)18-6-9-20(10-7-18)25-24(27)23(26-12-4-5-17(3)14-26)19-8-11-21-22(13-19)29-15-28-21/h6-11,13,16-17,23H,4-5,12,14-15H2,1-3H3,(H,25,27)/t17-,23+/m1/s1. The summed E-state index contributed by atoms with van der Waals surface area (Å²) in [5.74, 6) is 2.50. The van der Waals surface area contributed by atoms with Crippen LogP contribution in [-0.4, -0.2) is 30.7 Å². The van der Waals surface area contributed by atoms with Crippen LogP contribution in [0, 0.1) is 5.92 Å². The van der Waals surface area contributed by atoms with E-state index in [1.165, 1.54) is 12.0 Å². The number of nitrogens with one attached hydrogen (secondary N) is 1. The van der Waals surface area contributed by atoms with E-state index in [2.05, 4.69) is 43.1 Å². The number of fused-ring (bicyclic) bond motifs is 1. The molecule has 0 bridgehead atoms. The van der Waals surface area contributed by atoms with Crippen LogP contribution < -0.4 is 14.8 Å². The Bertz CT molecular complexity index is 863. The third kappa shape index (κ3) is 4.40. The van der Waals surface area contributed by atoms with Crippen molar-refractivity contribution in [2.24, 2.45) is 5.92 Å². The Morgan fingerprint density at radius 3 is 2.52 bits per heavy atom. The Kier molecular flexibility index (Phi) is 5.76. The molecule has 1 amide bonds. The van der Waals surface area contributed by atoms with Gasteiger partial charge < -0.3 is 14.8 Å². The second kappa shape index (κ2) is 8.46. The van der Waals surface area contributed by atoms with E-state index in [4.69, 9.17) is 9.47 Å². The molecule has 0 aliphatic carbocycles. The van der Waals surface area contributed by atoms with Gasteiger partial charge in [-0.15, -0.1) is 0 Å². The molecular weight excluding hydrogens is 364 g/mol. The summed E-state index contributed by atoms with van der Waals surface area (Å²) in [6, 6.07) is 13.6. The molecule has 4 rings (SSSR count). The number of likely N-dealkylation sites (tertiary alicyclic amines) is 1. The SMILES string of the molecule is CC(C)c1ccc(NC(=O)[C@H](c2ccc3c(c2)OCO3)N2CCC[C@@H](C)C2)cc1. The number of carbonyl (C=O) groups excluding carboxylic acids is 1. The van der Waals surface area contributed by atoms with Gasteiger partial charge in [0, 0.05) is 12.2 Å². The average Bonchev–Trinajstić information content (AvgIpc) is 3.16. The fourth-order valence-corrected chi connectivity index (χ4v) is 4.23. The minimum Gasteiger partial charge on any atom is -0.454 e. The predicted octanol–water partition coefficient (Wildman–Crippen LogP) is 4.95. The van der Waals surface area contributed by atoms with E-state index in [0.29, 0.717) is 17.6 Å². The maximum Gasteiger partial charge on any atom is 0.246 e. The van der Waals surface area contributed by atoms with Crippen molar-refractivity contribution in [1.29, 1.82) is 0 Å². The molecule has 2 aromatic carbocycles. The highest BCUT2D eigenvalue weighted by Gasteiger charge is 2.32. The lowest BCUT2D eigenvalue weighted by atomic mass is 9.95. The summed E-state index contributed by atoms with van der Waals surface area (Å²) in [6.07, 6.45) is 2.32. The van der Waals surface area contributed by atoms with Crippen molar-refractivity contribution in [2.75, 3.05) is 25.2 Å². The van der Waals surface area contributed by atoms with E-state index >= 15 is 0 Å². The van der Waals surface area contributed by atoms with E-state index < -0.39 is 0 Å². The van der Waals surface area contributed by atoms with Gasteiger partial charge >= 0.3 is 0 Å². The van der Waals surface area contributed by atoms with Crippen molar-refractivity contribution in [3.63, 3.8) is 0 Å². The molecule has 2 aliphatic rings. The number of amides is 1. The molecule has 1 saturated heterocycles.